The zero-order valence-electron chi connectivity index (χ0n) is 12.1. The van der Waals surface area contributed by atoms with Crippen LogP contribution < -0.4 is 10.5 Å². The molecule has 0 amide bonds. The fourth-order valence-electron chi connectivity index (χ4n) is 2.65. The van der Waals surface area contributed by atoms with E-state index in [1.165, 1.54) is 6.07 Å². The summed E-state index contributed by atoms with van der Waals surface area (Å²) in [6.45, 7) is 2.44. The van der Waals surface area contributed by atoms with Crippen molar-refractivity contribution in [2.45, 2.75) is 17.7 Å². The third kappa shape index (κ3) is 4.23. The lowest BCUT2D eigenvalue weighted by atomic mass is 9.99. The Morgan fingerprint density at radius 3 is 2.86 bits per heavy atom. The second kappa shape index (κ2) is 6.83. The molecule has 0 aliphatic carbocycles. The topological polar surface area (TPSA) is 75.4 Å². The van der Waals surface area contributed by atoms with Gasteiger partial charge in [-0.1, -0.05) is 30.4 Å². The molecule has 1 heterocycles. The van der Waals surface area contributed by atoms with E-state index >= 15 is 0 Å². The number of piperidine rings is 1. The third-order valence-corrected chi connectivity index (χ3v) is 5.43. The first-order valence-corrected chi connectivity index (χ1v) is 8.86. The lowest BCUT2D eigenvalue weighted by Gasteiger charge is -2.29. The standard InChI is InChI=1S/C14H21N3O2S2/c1-17-8-4-5-11(10-17)9-16-21(18,19)13-7-3-2-6-12(13)14(15)20/h2-3,6-7,11,16H,4-5,8-10H2,1H3,(H2,15,20). The maximum atomic E-state index is 12.4. The summed E-state index contributed by atoms with van der Waals surface area (Å²) in [5.74, 6) is 0.343. The van der Waals surface area contributed by atoms with Gasteiger partial charge in [-0.05, 0) is 38.4 Å². The predicted molar refractivity (Wildman–Crippen MR) is 87.7 cm³/mol. The van der Waals surface area contributed by atoms with Crippen molar-refractivity contribution in [1.82, 2.24) is 9.62 Å². The lowest BCUT2D eigenvalue weighted by molar-refractivity contribution is 0.211. The Labute approximate surface area is 131 Å². The van der Waals surface area contributed by atoms with Crippen LogP contribution >= 0.6 is 12.2 Å². The summed E-state index contributed by atoms with van der Waals surface area (Å²) in [5, 5.41) is 0. The molecule has 0 bridgehead atoms. The first kappa shape index (κ1) is 16.4. The molecule has 1 aliphatic heterocycles. The second-order valence-corrected chi connectivity index (χ2v) is 7.66. The molecule has 1 saturated heterocycles. The average molecular weight is 327 g/mol. The van der Waals surface area contributed by atoms with E-state index in [2.05, 4.69) is 16.7 Å². The Morgan fingerprint density at radius 2 is 2.19 bits per heavy atom. The minimum atomic E-state index is -3.59. The van der Waals surface area contributed by atoms with Crippen LogP contribution in [0, 0.1) is 5.92 Å². The van der Waals surface area contributed by atoms with Gasteiger partial charge in [0.25, 0.3) is 0 Å². The highest BCUT2D eigenvalue weighted by atomic mass is 32.2. The summed E-state index contributed by atoms with van der Waals surface area (Å²) in [7, 11) is -1.53. The van der Waals surface area contributed by atoms with Gasteiger partial charge in [0.2, 0.25) is 10.0 Å². The lowest BCUT2D eigenvalue weighted by Crippen LogP contribution is -2.39. The minimum Gasteiger partial charge on any atom is -0.389 e. The zero-order chi connectivity index (χ0) is 15.5. The monoisotopic (exact) mass is 327 g/mol. The van der Waals surface area contributed by atoms with Gasteiger partial charge in [0, 0.05) is 18.7 Å². The molecule has 0 radical (unpaired) electrons. The van der Waals surface area contributed by atoms with Gasteiger partial charge in [-0.15, -0.1) is 0 Å². The third-order valence-electron chi connectivity index (χ3n) is 3.73. The molecule has 1 fully saturated rings. The smallest absolute Gasteiger partial charge is 0.241 e. The van der Waals surface area contributed by atoms with Gasteiger partial charge < -0.3 is 10.6 Å². The van der Waals surface area contributed by atoms with E-state index < -0.39 is 10.0 Å². The van der Waals surface area contributed by atoms with E-state index in [1.54, 1.807) is 18.2 Å². The normalized spacial score (nSPS) is 20.3. The van der Waals surface area contributed by atoms with Gasteiger partial charge in [-0.2, -0.15) is 0 Å². The van der Waals surface area contributed by atoms with Crippen molar-refractivity contribution in [1.29, 1.82) is 0 Å². The van der Waals surface area contributed by atoms with E-state index in [-0.39, 0.29) is 9.88 Å². The van der Waals surface area contributed by atoms with Crippen LogP contribution in [-0.2, 0) is 10.0 Å². The van der Waals surface area contributed by atoms with Gasteiger partial charge in [0.1, 0.15) is 4.99 Å². The first-order chi connectivity index (χ1) is 9.90. The molecule has 1 atom stereocenters. The largest absolute Gasteiger partial charge is 0.389 e. The van der Waals surface area contributed by atoms with Crippen LogP contribution in [0.2, 0.25) is 0 Å². The molecular weight excluding hydrogens is 306 g/mol. The zero-order valence-corrected chi connectivity index (χ0v) is 13.7. The number of nitrogens with zero attached hydrogens (tertiary/aromatic N) is 1. The Kier molecular flexibility index (Phi) is 5.32. The molecule has 1 aromatic carbocycles. The van der Waals surface area contributed by atoms with E-state index in [1.807, 2.05) is 0 Å². The van der Waals surface area contributed by atoms with Crippen LogP contribution in [0.4, 0.5) is 0 Å². The highest BCUT2D eigenvalue weighted by Crippen LogP contribution is 2.18. The molecule has 21 heavy (non-hydrogen) atoms. The molecule has 5 nitrogen and oxygen atoms in total. The summed E-state index contributed by atoms with van der Waals surface area (Å²) in [4.78, 5) is 2.47. The highest BCUT2D eigenvalue weighted by Gasteiger charge is 2.23. The molecular formula is C14H21N3O2S2. The molecule has 1 unspecified atom stereocenters. The van der Waals surface area contributed by atoms with Crippen molar-refractivity contribution < 1.29 is 8.42 Å². The molecule has 0 spiro atoms. The number of hydrogen-bond acceptors (Lipinski definition) is 4. The van der Waals surface area contributed by atoms with Crippen LogP contribution in [0.1, 0.15) is 18.4 Å². The molecule has 2 rings (SSSR count). The maximum absolute atomic E-state index is 12.4. The molecule has 1 aliphatic rings. The summed E-state index contributed by atoms with van der Waals surface area (Å²) in [6.07, 6.45) is 2.15. The predicted octanol–water partition coefficient (Wildman–Crippen LogP) is 0.941. The Balaban J connectivity index is 2.10. The van der Waals surface area contributed by atoms with E-state index in [0.717, 1.165) is 25.9 Å². The van der Waals surface area contributed by atoms with Crippen molar-refractivity contribution in [3.63, 3.8) is 0 Å². The van der Waals surface area contributed by atoms with Crippen LogP contribution in [0.5, 0.6) is 0 Å². The van der Waals surface area contributed by atoms with Crippen molar-refractivity contribution in [2.24, 2.45) is 11.7 Å². The molecule has 116 valence electrons. The van der Waals surface area contributed by atoms with E-state index in [9.17, 15) is 8.42 Å². The fourth-order valence-corrected chi connectivity index (χ4v) is 4.23. The molecule has 0 saturated carbocycles. The Morgan fingerprint density at radius 1 is 1.48 bits per heavy atom. The number of nitrogens with one attached hydrogen (secondary N) is 1. The minimum absolute atomic E-state index is 0.0911. The number of benzene rings is 1. The SMILES string of the molecule is CN1CCCC(CNS(=O)(=O)c2ccccc2C(N)=S)C1. The Bertz CT molecular complexity index is 616. The van der Waals surface area contributed by atoms with Gasteiger partial charge in [-0.25, -0.2) is 13.1 Å². The van der Waals surface area contributed by atoms with Gasteiger partial charge in [0.05, 0.1) is 4.90 Å². The van der Waals surface area contributed by atoms with Crippen LogP contribution in [0.3, 0.4) is 0 Å². The number of hydrogen-bond donors (Lipinski definition) is 2. The maximum Gasteiger partial charge on any atom is 0.241 e. The number of nitrogens with two attached hydrogens (primary N) is 1. The summed E-state index contributed by atoms with van der Waals surface area (Å²) in [5.41, 5.74) is 5.99. The molecule has 3 N–H and O–H groups in total. The van der Waals surface area contributed by atoms with Crippen LogP contribution in [0.25, 0.3) is 0 Å². The van der Waals surface area contributed by atoms with Gasteiger partial charge >= 0.3 is 0 Å². The molecule has 7 heteroatoms. The van der Waals surface area contributed by atoms with Gasteiger partial charge in [-0.3, -0.25) is 0 Å². The van der Waals surface area contributed by atoms with E-state index in [0.29, 0.717) is 18.0 Å². The van der Waals surface area contributed by atoms with Crippen molar-refractivity contribution >= 4 is 27.2 Å². The average Bonchev–Trinajstić information content (AvgIpc) is 2.45. The van der Waals surface area contributed by atoms with Gasteiger partial charge in [0.15, 0.2) is 0 Å². The molecule has 1 aromatic rings. The van der Waals surface area contributed by atoms with Crippen LogP contribution in [0.15, 0.2) is 29.2 Å². The summed E-state index contributed by atoms with van der Waals surface area (Å²) in [6, 6.07) is 6.56. The highest BCUT2D eigenvalue weighted by molar-refractivity contribution is 7.89. The number of likely N-dealkylation sites (tertiary alicyclic amines) is 1. The Hall–Kier alpha value is -1.02. The second-order valence-electron chi connectivity index (χ2n) is 5.48. The summed E-state index contributed by atoms with van der Waals surface area (Å²) < 4.78 is 27.6. The van der Waals surface area contributed by atoms with Crippen LogP contribution in [-0.4, -0.2) is 45.0 Å². The first-order valence-electron chi connectivity index (χ1n) is 6.97. The number of sulfonamides is 1. The van der Waals surface area contributed by atoms with E-state index in [4.69, 9.17) is 18.0 Å². The number of thiocarbonyl (C=S) groups is 1. The quantitative estimate of drug-likeness (QED) is 0.787. The number of rotatable bonds is 5. The van der Waals surface area contributed by atoms with Crippen molar-refractivity contribution in [3.8, 4) is 0 Å². The fraction of sp³-hybridized carbons (Fsp3) is 0.500. The van der Waals surface area contributed by atoms with Crippen molar-refractivity contribution in [3.05, 3.63) is 29.8 Å². The van der Waals surface area contributed by atoms with Crippen molar-refractivity contribution in [2.75, 3.05) is 26.7 Å². The summed E-state index contributed by atoms with van der Waals surface area (Å²) >= 11 is 4.92. The molecule has 0 aromatic heterocycles.